The first-order valence-corrected chi connectivity index (χ1v) is 9.50. The summed E-state index contributed by atoms with van der Waals surface area (Å²) in [7, 11) is 1.64. The van der Waals surface area contributed by atoms with E-state index in [2.05, 4.69) is 9.97 Å². The molecule has 0 aliphatic carbocycles. The SMILES string of the molecule is COc1ccc(/C=C/c2nc(Oc3ccc(C(C)=O)cc3)c3ccccc3n2)cc1. The fourth-order valence-electron chi connectivity index (χ4n) is 2.97. The van der Waals surface area contributed by atoms with Gasteiger partial charge in [0, 0.05) is 5.56 Å². The highest BCUT2D eigenvalue weighted by Gasteiger charge is 2.09. The molecule has 5 nitrogen and oxygen atoms in total. The Balaban J connectivity index is 1.66. The van der Waals surface area contributed by atoms with Crippen molar-refractivity contribution in [3.05, 3.63) is 89.7 Å². The van der Waals surface area contributed by atoms with Crippen LogP contribution in [0.25, 0.3) is 23.1 Å². The summed E-state index contributed by atoms with van der Waals surface area (Å²) in [5.41, 5.74) is 2.44. The maximum Gasteiger partial charge on any atom is 0.230 e. The van der Waals surface area contributed by atoms with Crippen LogP contribution in [-0.2, 0) is 0 Å². The lowest BCUT2D eigenvalue weighted by Gasteiger charge is -2.09. The van der Waals surface area contributed by atoms with E-state index in [-0.39, 0.29) is 5.78 Å². The van der Waals surface area contributed by atoms with Crippen LogP contribution in [-0.4, -0.2) is 22.9 Å². The number of carbonyl (C=O) groups excluding carboxylic acids is 1. The molecule has 1 heterocycles. The summed E-state index contributed by atoms with van der Waals surface area (Å²) in [4.78, 5) is 20.7. The number of benzene rings is 3. The minimum Gasteiger partial charge on any atom is -0.497 e. The summed E-state index contributed by atoms with van der Waals surface area (Å²) in [6.45, 7) is 1.54. The zero-order chi connectivity index (χ0) is 20.9. The van der Waals surface area contributed by atoms with E-state index in [4.69, 9.17) is 9.47 Å². The number of Topliss-reactive ketones (excluding diaryl/α,β-unsaturated/α-hetero) is 1. The van der Waals surface area contributed by atoms with Crippen molar-refractivity contribution in [3.8, 4) is 17.4 Å². The smallest absolute Gasteiger partial charge is 0.230 e. The van der Waals surface area contributed by atoms with Gasteiger partial charge in [0.05, 0.1) is 18.0 Å². The van der Waals surface area contributed by atoms with Gasteiger partial charge >= 0.3 is 0 Å². The van der Waals surface area contributed by atoms with Crippen molar-refractivity contribution in [1.29, 1.82) is 0 Å². The second-order valence-electron chi connectivity index (χ2n) is 6.69. The van der Waals surface area contributed by atoms with E-state index in [1.165, 1.54) is 6.92 Å². The number of ether oxygens (including phenoxy) is 2. The van der Waals surface area contributed by atoms with E-state index in [0.29, 0.717) is 23.0 Å². The number of fused-ring (bicyclic) bond motifs is 1. The molecule has 1 aromatic heterocycles. The Morgan fingerprint density at radius 3 is 2.23 bits per heavy atom. The van der Waals surface area contributed by atoms with Crippen molar-refractivity contribution < 1.29 is 14.3 Å². The Labute approximate surface area is 174 Å². The minimum atomic E-state index is 0.0139. The molecule has 5 heteroatoms. The van der Waals surface area contributed by atoms with Crippen LogP contribution in [0.5, 0.6) is 17.4 Å². The van der Waals surface area contributed by atoms with Crippen molar-refractivity contribution in [1.82, 2.24) is 9.97 Å². The van der Waals surface area contributed by atoms with Crippen molar-refractivity contribution in [2.75, 3.05) is 7.11 Å². The third-order valence-electron chi connectivity index (χ3n) is 4.60. The van der Waals surface area contributed by atoms with E-state index in [1.54, 1.807) is 31.4 Å². The molecule has 0 unspecified atom stereocenters. The van der Waals surface area contributed by atoms with Gasteiger partial charge in [0.25, 0.3) is 0 Å². The van der Waals surface area contributed by atoms with Crippen molar-refractivity contribution in [2.45, 2.75) is 6.92 Å². The predicted molar refractivity (Wildman–Crippen MR) is 118 cm³/mol. The molecule has 0 spiro atoms. The number of hydrogen-bond acceptors (Lipinski definition) is 5. The van der Waals surface area contributed by atoms with Crippen molar-refractivity contribution in [2.24, 2.45) is 0 Å². The lowest BCUT2D eigenvalue weighted by Crippen LogP contribution is -1.96. The van der Waals surface area contributed by atoms with Crippen LogP contribution in [0.4, 0.5) is 0 Å². The lowest BCUT2D eigenvalue weighted by atomic mass is 10.1. The Hall–Kier alpha value is -3.99. The van der Waals surface area contributed by atoms with E-state index < -0.39 is 0 Å². The zero-order valence-corrected chi connectivity index (χ0v) is 16.7. The fraction of sp³-hybridized carbons (Fsp3) is 0.0800. The summed E-state index contributed by atoms with van der Waals surface area (Å²) in [5.74, 6) is 2.43. The Morgan fingerprint density at radius 2 is 1.53 bits per heavy atom. The molecule has 0 saturated heterocycles. The summed E-state index contributed by atoms with van der Waals surface area (Å²) in [6.07, 6.45) is 3.79. The van der Waals surface area contributed by atoms with Crippen molar-refractivity contribution >= 4 is 28.8 Å². The summed E-state index contributed by atoms with van der Waals surface area (Å²) in [6, 6.07) is 22.4. The lowest BCUT2D eigenvalue weighted by molar-refractivity contribution is 0.101. The molecule has 0 fully saturated rings. The van der Waals surface area contributed by atoms with Gasteiger partial charge in [-0.05, 0) is 67.1 Å². The van der Waals surface area contributed by atoms with Crippen molar-refractivity contribution in [3.63, 3.8) is 0 Å². The highest BCUT2D eigenvalue weighted by molar-refractivity contribution is 5.94. The second kappa shape index (κ2) is 8.57. The average molecular weight is 396 g/mol. The predicted octanol–water partition coefficient (Wildman–Crippen LogP) is 5.80. The molecule has 4 rings (SSSR count). The number of carbonyl (C=O) groups is 1. The van der Waals surface area contributed by atoms with E-state index in [9.17, 15) is 4.79 Å². The topological polar surface area (TPSA) is 61.3 Å². The molecule has 0 radical (unpaired) electrons. The number of rotatable bonds is 6. The van der Waals surface area contributed by atoms with Gasteiger partial charge in [0.1, 0.15) is 11.5 Å². The van der Waals surface area contributed by atoms with Crippen LogP contribution in [0.2, 0.25) is 0 Å². The molecule has 3 aromatic carbocycles. The highest BCUT2D eigenvalue weighted by Crippen LogP contribution is 2.28. The van der Waals surface area contributed by atoms with Gasteiger partial charge in [-0.3, -0.25) is 4.79 Å². The first-order valence-electron chi connectivity index (χ1n) is 9.50. The van der Waals surface area contributed by atoms with E-state index in [0.717, 1.165) is 22.2 Å². The first-order chi connectivity index (χ1) is 14.6. The van der Waals surface area contributed by atoms with Crippen LogP contribution in [0.3, 0.4) is 0 Å². The number of aromatic nitrogens is 2. The summed E-state index contributed by atoms with van der Waals surface area (Å²) >= 11 is 0. The normalized spacial score (nSPS) is 11.0. The third-order valence-corrected chi connectivity index (χ3v) is 4.60. The molecule has 0 amide bonds. The Morgan fingerprint density at radius 1 is 0.833 bits per heavy atom. The molecule has 148 valence electrons. The minimum absolute atomic E-state index is 0.0139. The van der Waals surface area contributed by atoms with Gasteiger partial charge in [0.2, 0.25) is 5.88 Å². The Kier molecular flexibility index (Phi) is 5.52. The summed E-state index contributed by atoms with van der Waals surface area (Å²) < 4.78 is 11.2. The first kappa shape index (κ1) is 19.3. The second-order valence-corrected chi connectivity index (χ2v) is 6.69. The average Bonchev–Trinajstić information content (AvgIpc) is 2.78. The molecule has 0 atom stereocenters. The number of para-hydroxylation sites is 1. The number of nitrogens with zero attached hydrogens (tertiary/aromatic N) is 2. The number of ketones is 1. The van der Waals surface area contributed by atoms with Crippen LogP contribution in [0.15, 0.2) is 72.8 Å². The third kappa shape index (κ3) is 4.36. The molecular formula is C25H20N2O3. The summed E-state index contributed by atoms with van der Waals surface area (Å²) in [5, 5.41) is 0.815. The monoisotopic (exact) mass is 396 g/mol. The van der Waals surface area contributed by atoms with Gasteiger partial charge in [0.15, 0.2) is 11.6 Å². The molecule has 0 aliphatic heterocycles. The maximum absolute atomic E-state index is 11.5. The molecule has 30 heavy (non-hydrogen) atoms. The van der Waals surface area contributed by atoms with Gasteiger partial charge < -0.3 is 9.47 Å². The maximum atomic E-state index is 11.5. The zero-order valence-electron chi connectivity index (χ0n) is 16.7. The fourth-order valence-corrected chi connectivity index (χ4v) is 2.97. The van der Waals surface area contributed by atoms with Crippen LogP contribution in [0, 0.1) is 0 Å². The van der Waals surface area contributed by atoms with Gasteiger partial charge in [-0.2, -0.15) is 4.98 Å². The molecule has 0 aliphatic rings. The molecular weight excluding hydrogens is 376 g/mol. The molecule has 0 bridgehead atoms. The van der Waals surface area contributed by atoms with Crippen LogP contribution in [0.1, 0.15) is 28.7 Å². The van der Waals surface area contributed by atoms with E-state index in [1.807, 2.05) is 60.7 Å². The van der Waals surface area contributed by atoms with Gasteiger partial charge in [-0.25, -0.2) is 4.98 Å². The standard InChI is InChI=1S/C25H20N2O3/c1-17(28)19-10-14-21(15-11-19)30-25-22-5-3-4-6-23(22)26-24(27-25)16-9-18-7-12-20(29-2)13-8-18/h3-16H,1-2H3/b16-9+. The largest absolute Gasteiger partial charge is 0.497 e. The van der Waals surface area contributed by atoms with E-state index >= 15 is 0 Å². The van der Waals surface area contributed by atoms with Crippen LogP contribution < -0.4 is 9.47 Å². The Bertz CT molecular complexity index is 1210. The van der Waals surface area contributed by atoms with Gasteiger partial charge in [-0.1, -0.05) is 30.3 Å². The molecule has 0 saturated carbocycles. The highest BCUT2D eigenvalue weighted by atomic mass is 16.5. The quantitative estimate of drug-likeness (QED) is 0.385. The molecule has 0 N–H and O–H groups in total. The van der Waals surface area contributed by atoms with Crippen LogP contribution >= 0.6 is 0 Å². The molecule has 4 aromatic rings. The number of methoxy groups -OCH3 is 1. The van der Waals surface area contributed by atoms with Gasteiger partial charge in [-0.15, -0.1) is 0 Å². The number of hydrogen-bond donors (Lipinski definition) is 0.